The number of carbonyl (C=O) groups excluding carboxylic acids is 5. The molecule has 0 bridgehead atoms. The summed E-state index contributed by atoms with van der Waals surface area (Å²) in [6, 6.07) is 19.9. The predicted molar refractivity (Wildman–Crippen MR) is 211 cm³/mol. The van der Waals surface area contributed by atoms with Crippen LogP contribution in [0.25, 0.3) is 10.1 Å². The highest BCUT2D eigenvalue weighted by atomic mass is 127. The fourth-order valence-electron chi connectivity index (χ4n) is 5.59. The summed E-state index contributed by atoms with van der Waals surface area (Å²) < 4.78 is 2.02. The van der Waals surface area contributed by atoms with Crippen LogP contribution in [0.5, 0.6) is 0 Å². The van der Waals surface area contributed by atoms with E-state index in [1.54, 1.807) is 0 Å². The molecule has 0 radical (unpaired) electrons. The number of thiophene rings is 1. The van der Waals surface area contributed by atoms with Crippen LogP contribution in [-0.4, -0.2) is 66.2 Å². The maximum atomic E-state index is 14.0. The van der Waals surface area contributed by atoms with E-state index in [1.165, 1.54) is 18.3 Å². The minimum absolute atomic E-state index is 0.0831. The summed E-state index contributed by atoms with van der Waals surface area (Å²) in [7, 11) is 0. The normalized spacial score (nSPS) is 13.2. The van der Waals surface area contributed by atoms with Gasteiger partial charge in [0.05, 0.1) is 0 Å². The van der Waals surface area contributed by atoms with Gasteiger partial charge in [0, 0.05) is 41.0 Å². The van der Waals surface area contributed by atoms with E-state index in [0.717, 1.165) is 30.3 Å². The third kappa shape index (κ3) is 12.3. The Morgan fingerprint density at radius 1 is 0.692 bits per heavy atom. The fourth-order valence-corrected chi connectivity index (χ4v) is 6.93. The summed E-state index contributed by atoms with van der Waals surface area (Å²) in [6.07, 6.45) is 0.841. The molecular weight excluding hydrogens is 795 g/mol. The quantitative estimate of drug-likeness (QED) is 0.0342. The Kier molecular flexibility index (Phi) is 14.9. The number of benzene rings is 3. The molecule has 0 aliphatic carbocycles. The lowest BCUT2D eigenvalue weighted by Crippen LogP contribution is -2.59. The molecule has 1 heterocycles. The van der Waals surface area contributed by atoms with Crippen molar-refractivity contribution in [3.63, 3.8) is 0 Å². The topological polar surface area (TPSA) is 224 Å². The second-order valence-electron chi connectivity index (χ2n) is 12.3. The van der Waals surface area contributed by atoms with E-state index in [4.69, 9.17) is 17.2 Å². The van der Waals surface area contributed by atoms with E-state index < -0.39 is 53.7 Å². The Bertz CT molecular complexity index is 1880. The van der Waals surface area contributed by atoms with Gasteiger partial charge in [0.1, 0.15) is 24.2 Å². The van der Waals surface area contributed by atoms with E-state index in [-0.39, 0.29) is 38.2 Å². The van der Waals surface area contributed by atoms with E-state index in [2.05, 4.69) is 48.9 Å². The van der Waals surface area contributed by atoms with Gasteiger partial charge in [-0.3, -0.25) is 29.0 Å². The van der Waals surface area contributed by atoms with Gasteiger partial charge in [-0.2, -0.15) is 0 Å². The van der Waals surface area contributed by atoms with Crippen LogP contribution in [0.4, 0.5) is 0 Å². The molecule has 0 saturated carbocycles. The van der Waals surface area contributed by atoms with Gasteiger partial charge in [-0.15, -0.1) is 11.3 Å². The summed E-state index contributed by atoms with van der Waals surface area (Å²) in [5.41, 5.74) is 19.1. The molecule has 4 atom stereocenters. The maximum Gasteiger partial charge on any atom is 0.243 e. The summed E-state index contributed by atoms with van der Waals surface area (Å²) >= 11 is 3.70. The van der Waals surface area contributed by atoms with Gasteiger partial charge in [0.25, 0.3) is 0 Å². The van der Waals surface area contributed by atoms with Gasteiger partial charge in [-0.1, -0.05) is 60.7 Å². The molecule has 5 amide bonds. The van der Waals surface area contributed by atoms with Gasteiger partial charge in [-0.25, -0.2) is 0 Å². The Morgan fingerprint density at radius 3 is 1.90 bits per heavy atom. The number of amides is 5. The number of hydrogen-bond donors (Lipinski definition) is 7. The number of halogens is 1. The van der Waals surface area contributed by atoms with E-state index in [0.29, 0.717) is 6.42 Å². The van der Waals surface area contributed by atoms with Crippen molar-refractivity contribution in [2.75, 3.05) is 6.54 Å². The number of aliphatic imine (C=N–C) groups is 1. The highest BCUT2D eigenvalue weighted by molar-refractivity contribution is 14.1. The Balaban J connectivity index is 1.58. The lowest BCUT2D eigenvalue weighted by molar-refractivity contribution is -0.134. The summed E-state index contributed by atoms with van der Waals surface area (Å²) in [5, 5.41) is 13.9. The van der Waals surface area contributed by atoms with Crippen LogP contribution in [0, 0.1) is 3.57 Å². The molecule has 52 heavy (non-hydrogen) atoms. The number of nitrogens with two attached hydrogens (primary N) is 3. The van der Waals surface area contributed by atoms with Crippen molar-refractivity contribution < 1.29 is 24.0 Å². The number of nitrogens with one attached hydrogen (secondary N) is 4. The number of primary amides is 1. The standard InChI is InChI=1S/C37H43IN8O5S/c1-22(47)43-31(20-25-21-52-32-12-6-5-10-27(25)32)36(51)44-28(11-7-17-42-37(40)41)34(49)46-30(19-24-13-15-26(38)16-14-24)35(50)45-29(33(39)48)18-23-8-3-2-4-9-23/h2-6,8-10,12-16,21,28-31H,7,11,17-20H2,1H3,(H2,39,48)(H,43,47)(H,44,51)(H,45,50)(H,46,49)(H4,40,41,42)/t28-,29-,30+,31-/m0/s1. The number of carbonyl (C=O) groups is 5. The van der Waals surface area contributed by atoms with Crippen molar-refractivity contribution in [3.05, 3.63) is 105 Å². The molecule has 3 aromatic carbocycles. The molecule has 0 aliphatic heterocycles. The summed E-state index contributed by atoms with van der Waals surface area (Å²) in [6.45, 7) is 1.50. The Hall–Kier alpha value is -5.03. The molecule has 10 N–H and O–H groups in total. The SMILES string of the molecule is CC(=O)N[C@@H](Cc1csc2ccccc12)C(=O)N[C@@H](CCCN=C(N)N)C(=O)N[C@H](Cc1ccc(I)cc1)C(=O)N[C@@H](Cc1ccccc1)C(N)=O. The van der Waals surface area contributed by atoms with Crippen molar-refractivity contribution in [1.29, 1.82) is 0 Å². The predicted octanol–water partition coefficient (Wildman–Crippen LogP) is 2.03. The largest absolute Gasteiger partial charge is 0.370 e. The number of hydrogen-bond acceptors (Lipinski definition) is 7. The molecule has 13 nitrogen and oxygen atoms in total. The van der Waals surface area contributed by atoms with Gasteiger partial charge in [0.2, 0.25) is 29.5 Å². The van der Waals surface area contributed by atoms with Crippen LogP contribution in [-0.2, 0) is 43.2 Å². The first-order chi connectivity index (χ1) is 24.9. The molecule has 0 fully saturated rings. The summed E-state index contributed by atoms with van der Waals surface area (Å²) in [5.74, 6) is -3.12. The molecule has 4 aromatic rings. The molecule has 274 valence electrons. The highest BCUT2D eigenvalue weighted by Gasteiger charge is 2.31. The van der Waals surface area contributed by atoms with Crippen molar-refractivity contribution in [3.8, 4) is 0 Å². The zero-order valence-electron chi connectivity index (χ0n) is 28.6. The van der Waals surface area contributed by atoms with Crippen molar-refractivity contribution >= 4 is 79.5 Å². The third-order valence-corrected chi connectivity index (χ3v) is 9.92. The number of nitrogens with zero attached hydrogens (tertiary/aromatic N) is 1. The maximum absolute atomic E-state index is 14.0. The fraction of sp³-hybridized carbons (Fsp3) is 0.297. The molecule has 1 aromatic heterocycles. The van der Waals surface area contributed by atoms with Crippen LogP contribution >= 0.6 is 33.9 Å². The van der Waals surface area contributed by atoms with Crippen molar-refractivity contribution in [2.45, 2.75) is 63.2 Å². The van der Waals surface area contributed by atoms with Crippen LogP contribution in [0.1, 0.15) is 36.5 Å². The lowest BCUT2D eigenvalue weighted by Gasteiger charge is -2.26. The van der Waals surface area contributed by atoms with E-state index in [1.807, 2.05) is 84.2 Å². The minimum Gasteiger partial charge on any atom is -0.370 e. The number of fused-ring (bicyclic) bond motifs is 1. The van der Waals surface area contributed by atoms with Crippen LogP contribution in [0.3, 0.4) is 0 Å². The Morgan fingerprint density at radius 2 is 1.25 bits per heavy atom. The van der Waals surface area contributed by atoms with Crippen molar-refractivity contribution in [2.24, 2.45) is 22.2 Å². The summed E-state index contributed by atoms with van der Waals surface area (Å²) in [4.78, 5) is 70.4. The molecule has 0 spiro atoms. The molecule has 0 saturated heterocycles. The van der Waals surface area contributed by atoms with Gasteiger partial charge in [0.15, 0.2) is 5.96 Å². The van der Waals surface area contributed by atoms with Crippen molar-refractivity contribution in [1.82, 2.24) is 21.3 Å². The first-order valence-electron chi connectivity index (χ1n) is 16.7. The average molecular weight is 839 g/mol. The van der Waals surface area contributed by atoms with Crippen LogP contribution < -0.4 is 38.5 Å². The monoisotopic (exact) mass is 838 g/mol. The van der Waals surface area contributed by atoms with Gasteiger partial charge < -0.3 is 38.5 Å². The third-order valence-electron chi connectivity index (χ3n) is 8.19. The highest BCUT2D eigenvalue weighted by Crippen LogP contribution is 2.26. The van der Waals surface area contributed by atoms with E-state index in [9.17, 15) is 24.0 Å². The molecule has 0 aliphatic rings. The second kappa shape index (κ2) is 19.5. The second-order valence-corrected chi connectivity index (χ2v) is 14.4. The van der Waals surface area contributed by atoms with E-state index >= 15 is 0 Å². The number of rotatable bonds is 18. The smallest absolute Gasteiger partial charge is 0.243 e. The minimum atomic E-state index is -1.15. The van der Waals surface area contributed by atoms with Gasteiger partial charge in [-0.05, 0) is 81.1 Å². The molecule has 0 unspecified atom stereocenters. The molecule has 15 heteroatoms. The average Bonchev–Trinajstić information content (AvgIpc) is 3.52. The lowest BCUT2D eigenvalue weighted by atomic mass is 10.0. The molecular formula is C37H43IN8O5S. The Labute approximate surface area is 319 Å². The molecule has 4 rings (SSSR count). The van der Waals surface area contributed by atoms with Crippen LogP contribution in [0.2, 0.25) is 0 Å². The zero-order valence-corrected chi connectivity index (χ0v) is 31.6. The number of guanidine groups is 1. The zero-order chi connectivity index (χ0) is 37.6. The first-order valence-corrected chi connectivity index (χ1v) is 18.6. The van der Waals surface area contributed by atoms with Gasteiger partial charge >= 0.3 is 0 Å². The van der Waals surface area contributed by atoms with Crippen LogP contribution in [0.15, 0.2) is 89.2 Å². The first kappa shape index (κ1) is 39.8.